The van der Waals surface area contributed by atoms with E-state index in [1.165, 1.54) is 11.8 Å². The number of aryl methyl sites for hydroxylation is 1. The first-order valence-corrected chi connectivity index (χ1v) is 6.10. The van der Waals surface area contributed by atoms with E-state index >= 15 is 0 Å². The van der Waals surface area contributed by atoms with Crippen molar-refractivity contribution in [2.75, 3.05) is 5.75 Å². The predicted octanol–water partition coefficient (Wildman–Crippen LogP) is 0.126. The molecular weight excluding hydrogens is 260 g/mol. The third-order valence-electron chi connectivity index (χ3n) is 2.45. The maximum atomic E-state index is 11.0. The highest BCUT2D eigenvalue weighted by molar-refractivity contribution is 7.99. The summed E-state index contributed by atoms with van der Waals surface area (Å²) in [5, 5.41) is 29.0. The van der Waals surface area contributed by atoms with Gasteiger partial charge in [-0.3, -0.25) is 0 Å². The summed E-state index contributed by atoms with van der Waals surface area (Å²) >= 11 is 1.25. The molecule has 1 aliphatic heterocycles. The third-order valence-corrected chi connectivity index (χ3v) is 3.61. The second-order valence-electron chi connectivity index (χ2n) is 3.76. The van der Waals surface area contributed by atoms with Crippen LogP contribution in [-0.4, -0.2) is 48.8 Å². The minimum absolute atomic E-state index is 0.167. The van der Waals surface area contributed by atoms with Crippen molar-refractivity contribution in [3.05, 3.63) is 23.9 Å². The lowest BCUT2D eigenvalue weighted by Crippen LogP contribution is -2.30. The van der Waals surface area contributed by atoms with Crippen molar-refractivity contribution in [2.24, 2.45) is 7.05 Å². The monoisotopic (exact) mass is 272 g/mol. The molecule has 0 fully saturated rings. The zero-order valence-electron chi connectivity index (χ0n) is 9.48. The molecule has 98 valence electrons. The molecule has 0 aliphatic carbocycles. The van der Waals surface area contributed by atoms with Crippen molar-refractivity contribution in [1.82, 2.24) is 9.55 Å². The van der Waals surface area contributed by atoms with Crippen LogP contribution >= 0.6 is 11.8 Å². The van der Waals surface area contributed by atoms with Gasteiger partial charge in [-0.2, -0.15) is 0 Å². The Labute approximate surface area is 107 Å². The first-order valence-electron chi connectivity index (χ1n) is 5.12. The molecule has 0 spiro atoms. The van der Waals surface area contributed by atoms with Gasteiger partial charge in [0.1, 0.15) is 6.10 Å². The van der Waals surface area contributed by atoms with Crippen molar-refractivity contribution < 1.29 is 24.9 Å². The Hall–Kier alpha value is -1.67. The molecule has 0 aromatic carbocycles. The number of nitrogens with zero attached hydrogens (tertiary/aromatic N) is 2. The molecule has 0 saturated carbocycles. The Morgan fingerprint density at radius 1 is 1.61 bits per heavy atom. The first kappa shape index (κ1) is 12.8. The molecule has 7 nitrogen and oxygen atoms in total. The molecular formula is C10H12N2O5S. The van der Waals surface area contributed by atoms with E-state index in [0.717, 1.165) is 0 Å². The number of aromatic nitrogens is 2. The molecule has 3 N–H and O–H groups in total. The van der Waals surface area contributed by atoms with Crippen molar-refractivity contribution in [3.63, 3.8) is 0 Å². The van der Waals surface area contributed by atoms with Gasteiger partial charge < -0.3 is 24.6 Å². The van der Waals surface area contributed by atoms with Gasteiger partial charge >= 0.3 is 5.97 Å². The highest BCUT2D eigenvalue weighted by Crippen LogP contribution is 2.25. The van der Waals surface area contributed by atoms with E-state index in [-0.39, 0.29) is 5.75 Å². The maximum Gasteiger partial charge on any atom is 0.377 e. The van der Waals surface area contributed by atoms with E-state index in [1.807, 2.05) is 0 Å². The Kier molecular flexibility index (Phi) is 3.48. The van der Waals surface area contributed by atoms with E-state index in [9.17, 15) is 15.0 Å². The molecule has 2 atom stereocenters. The van der Waals surface area contributed by atoms with Gasteiger partial charge in [0, 0.05) is 25.2 Å². The molecule has 2 rings (SSSR count). The predicted molar refractivity (Wildman–Crippen MR) is 62.1 cm³/mol. The zero-order chi connectivity index (χ0) is 13.3. The minimum atomic E-state index is -1.22. The number of carbonyl (C=O) groups is 1. The Morgan fingerprint density at radius 2 is 2.33 bits per heavy atom. The van der Waals surface area contributed by atoms with Crippen LogP contribution in [0.2, 0.25) is 0 Å². The number of hydrogen-bond donors (Lipinski definition) is 3. The fraction of sp³-hybridized carbons (Fsp3) is 0.400. The van der Waals surface area contributed by atoms with Crippen molar-refractivity contribution in [1.29, 1.82) is 0 Å². The van der Waals surface area contributed by atoms with Crippen LogP contribution in [0.4, 0.5) is 0 Å². The van der Waals surface area contributed by atoms with Crippen molar-refractivity contribution in [2.45, 2.75) is 17.4 Å². The number of imidazole rings is 1. The number of thioether (sulfide) groups is 1. The summed E-state index contributed by atoms with van der Waals surface area (Å²) in [6, 6.07) is 0. The fourth-order valence-corrected chi connectivity index (χ4v) is 2.36. The molecule has 1 aromatic heterocycles. The first-order chi connectivity index (χ1) is 8.50. The number of carbonyl (C=O) groups excluding carboxylic acids is 1. The van der Waals surface area contributed by atoms with Crippen LogP contribution in [0.15, 0.2) is 29.1 Å². The number of aliphatic hydroxyl groups excluding tert-OH is 3. The summed E-state index contributed by atoms with van der Waals surface area (Å²) < 4.78 is 6.41. The summed E-state index contributed by atoms with van der Waals surface area (Å²) in [4.78, 5) is 15.0. The normalized spacial score (nSPS) is 21.2. The Bertz CT molecular complexity index is 498. The van der Waals surface area contributed by atoms with Crippen LogP contribution < -0.4 is 0 Å². The van der Waals surface area contributed by atoms with Crippen LogP contribution in [0, 0.1) is 0 Å². The summed E-state index contributed by atoms with van der Waals surface area (Å²) in [7, 11) is 1.81. The zero-order valence-corrected chi connectivity index (χ0v) is 10.3. The van der Waals surface area contributed by atoms with Gasteiger partial charge in [0.05, 0.1) is 0 Å². The van der Waals surface area contributed by atoms with Gasteiger partial charge in [0.15, 0.2) is 17.0 Å². The summed E-state index contributed by atoms with van der Waals surface area (Å²) in [5.41, 5.74) is 0. The van der Waals surface area contributed by atoms with E-state index in [1.54, 1.807) is 24.0 Å². The largest absolute Gasteiger partial charge is 0.505 e. The van der Waals surface area contributed by atoms with Crippen LogP contribution in [0.5, 0.6) is 0 Å². The molecule has 8 heteroatoms. The van der Waals surface area contributed by atoms with E-state index in [2.05, 4.69) is 9.72 Å². The summed E-state index contributed by atoms with van der Waals surface area (Å²) in [6.07, 6.45) is 1.03. The Morgan fingerprint density at radius 3 is 2.83 bits per heavy atom. The van der Waals surface area contributed by atoms with Crippen LogP contribution in [0.25, 0.3) is 0 Å². The molecule has 0 amide bonds. The van der Waals surface area contributed by atoms with Gasteiger partial charge in [-0.25, -0.2) is 9.78 Å². The number of hydrogen-bond acceptors (Lipinski definition) is 7. The molecule has 0 bridgehead atoms. The number of rotatable bonds is 4. The highest BCUT2D eigenvalue weighted by Gasteiger charge is 2.39. The Balaban J connectivity index is 1.96. The number of cyclic esters (lactones) is 1. The average Bonchev–Trinajstić information content (AvgIpc) is 2.86. The minimum Gasteiger partial charge on any atom is -0.505 e. The van der Waals surface area contributed by atoms with Gasteiger partial charge in [0.2, 0.25) is 5.76 Å². The third kappa shape index (κ3) is 2.29. The van der Waals surface area contributed by atoms with Gasteiger partial charge in [-0.15, -0.1) is 0 Å². The molecule has 0 radical (unpaired) electrons. The topological polar surface area (TPSA) is 105 Å². The quantitative estimate of drug-likeness (QED) is 0.528. The summed E-state index contributed by atoms with van der Waals surface area (Å²) in [5.74, 6) is -2.34. The van der Waals surface area contributed by atoms with Crippen LogP contribution in [0.3, 0.4) is 0 Å². The lowest BCUT2D eigenvalue weighted by molar-refractivity contribution is -0.146. The van der Waals surface area contributed by atoms with Crippen LogP contribution in [-0.2, 0) is 16.6 Å². The average molecular weight is 272 g/mol. The van der Waals surface area contributed by atoms with Crippen molar-refractivity contribution >= 4 is 17.7 Å². The highest BCUT2D eigenvalue weighted by atomic mass is 32.2. The van der Waals surface area contributed by atoms with E-state index in [0.29, 0.717) is 5.16 Å². The lowest BCUT2D eigenvalue weighted by atomic mass is 10.2. The van der Waals surface area contributed by atoms with Gasteiger partial charge in [-0.05, 0) is 0 Å². The SMILES string of the molecule is Cn1ccnc1SCC(O)C1OC(=O)C(O)=C1O. The standard InChI is InChI=1S/C10H12N2O5S/c1-12-3-2-11-10(12)18-4-5(13)8-6(14)7(15)9(16)17-8/h2-3,5,8,13-15H,4H2,1H3. The van der Waals surface area contributed by atoms with E-state index in [4.69, 9.17) is 5.11 Å². The second kappa shape index (κ2) is 4.91. The maximum absolute atomic E-state index is 11.0. The van der Waals surface area contributed by atoms with E-state index < -0.39 is 29.7 Å². The number of aliphatic hydroxyl groups is 3. The number of esters is 1. The molecule has 0 saturated heterocycles. The smallest absolute Gasteiger partial charge is 0.377 e. The molecule has 2 unspecified atom stereocenters. The van der Waals surface area contributed by atoms with Crippen molar-refractivity contribution in [3.8, 4) is 0 Å². The molecule has 1 aromatic rings. The summed E-state index contributed by atoms with van der Waals surface area (Å²) in [6.45, 7) is 0. The lowest BCUT2D eigenvalue weighted by Gasteiger charge is -2.16. The molecule has 2 heterocycles. The second-order valence-corrected chi connectivity index (χ2v) is 4.75. The molecule has 1 aliphatic rings. The van der Waals surface area contributed by atoms with Gasteiger partial charge in [-0.1, -0.05) is 11.8 Å². The fourth-order valence-electron chi connectivity index (χ4n) is 1.47. The van der Waals surface area contributed by atoms with Crippen LogP contribution in [0.1, 0.15) is 0 Å². The number of ether oxygens (including phenoxy) is 1. The molecule has 18 heavy (non-hydrogen) atoms. The van der Waals surface area contributed by atoms with Gasteiger partial charge in [0.25, 0.3) is 0 Å².